The topological polar surface area (TPSA) is 63.1 Å². The summed E-state index contributed by atoms with van der Waals surface area (Å²) >= 11 is 0. The zero-order valence-corrected chi connectivity index (χ0v) is 12.0. The molecule has 2 rings (SSSR count). The van der Waals surface area contributed by atoms with Gasteiger partial charge in [0.25, 0.3) is 5.56 Å². The van der Waals surface area contributed by atoms with Crippen LogP contribution in [0.15, 0.2) is 17.1 Å². The lowest BCUT2D eigenvalue weighted by atomic mass is 10.1. The number of hydrogen-bond acceptors (Lipinski definition) is 3. The number of amides is 1. The molecule has 1 aliphatic heterocycles. The molecule has 1 atom stereocenters. The predicted molar refractivity (Wildman–Crippen MR) is 77.9 cm³/mol. The number of pyridine rings is 1. The van der Waals surface area contributed by atoms with Gasteiger partial charge in [-0.3, -0.25) is 9.59 Å². The zero-order valence-electron chi connectivity index (χ0n) is 11.2. The fourth-order valence-electron chi connectivity index (χ4n) is 2.22. The summed E-state index contributed by atoms with van der Waals surface area (Å²) < 4.78 is 1.47. The molecule has 0 aliphatic carbocycles. The number of anilines is 1. The van der Waals surface area contributed by atoms with E-state index in [-0.39, 0.29) is 29.9 Å². The van der Waals surface area contributed by atoms with Crippen LogP contribution in [0.25, 0.3) is 0 Å². The van der Waals surface area contributed by atoms with Gasteiger partial charge in [0.15, 0.2) is 0 Å². The molecule has 106 valence electrons. The van der Waals surface area contributed by atoms with Crippen LogP contribution in [0.1, 0.15) is 24.8 Å². The van der Waals surface area contributed by atoms with E-state index >= 15 is 0 Å². The molecule has 0 spiro atoms. The van der Waals surface area contributed by atoms with E-state index in [1.165, 1.54) is 4.57 Å². The lowest BCUT2D eigenvalue weighted by molar-refractivity contribution is -0.116. The van der Waals surface area contributed by atoms with Gasteiger partial charge in [-0.05, 0) is 37.9 Å². The van der Waals surface area contributed by atoms with Crippen LogP contribution in [0.5, 0.6) is 0 Å². The van der Waals surface area contributed by atoms with Gasteiger partial charge in [-0.2, -0.15) is 0 Å². The van der Waals surface area contributed by atoms with Crippen molar-refractivity contribution >= 4 is 24.0 Å². The number of carbonyl (C=O) groups is 1. The number of carbonyl (C=O) groups excluding carboxylic acids is 1. The maximum atomic E-state index is 11.9. The third-order valence-corrected chi connectivity index (χ3v) is 3.34. The average Bonchev–Trinajstić information content (AvgIpc) is 2.82. The number of aromatic nitrogens is 1. The van der Waals surface area contributed by atoms with Crippen molar-refractivity contribution in [2.24, 2.45) is 7.05 Å². The lowest BCUT2D eigenvalue weighted by Gasteiger charge is -2.12. The molecule has 1 fully saturated rings. The van der Waals surface area contributed by atoms with Crippen molar-refractivity contribution in [3.63, 3.8) is 0 Å². The van der Waals surface area contributed by atoms with Gasteiger partial charge in [-0.25, -0.2) is 0 Å². The number of aryl methyl sites for hydroxylation is 2. The summed E-state index contributed by atoms with van der Waals surface area (Å²) in [5, 5.41) is 6.00. The Balaban J connectivity index is 0.00000180. The first-order valence-corrected chi connectivity index (χ1v) is 6.27. The van der Waals surface area contributed by atoms with E-state index in [4.69, 9.17) is 0 Å². The largest absolute Gasteiger partial charge is 0.321 e. The van der Waals surface area contributed by atoms with E-state index in [1.54, 1.807) is 13.2 Å². The monoisotopic (exact) mass is 285 g/mol. The maximum absolute atomic E-state index is 11.9. The Kier molecular flexibility index (Phi) is 5.57. The van der Waals surface area contributed by atoms with Crippen LogP contribution < -0.4 is 16.2 Å². The SMILES string of the molecule is Cc1ccn(C)c(=O)c1NC(=O)CC1CCCN1.Cl. The molecule has 1 aromatic rings. The second-order valence-electron chi connectivity index (χ2n) is 4.84. The van der Waals surface area contributed by atoms with Crippen molar-refractivity contribution in [1.29, 1.82) is 0 Å². The summed E-state index contributed by atoms with van der Waals surface area (Å²) in [7, 11) is 1.68. The predicted octanol–water partition coefficient (Wildman–Crippen LogP) is 1.20. The molecule has 1 aromatic heterocycles. The summed E-state index contributed by atoms with van der Waals surface area (Å²) in [5.74, 6) is -0.0965. The molecule has 1 amide bonds. The highest BCUT2D eigenvalue weighted by molar-refractivity contribution is 5.91. The van der Waals surface area contributed by atoms with Crippen molar-refractivity contribution in [3.8, 4) is 0 Å². The minimum atomic E-state index is -0.164. The van der Waals surface area contributed by atoms with Crippen LogP contribution in [0.3, 0.4) is 0 Å². The minimum Gasteiger partial charge on any atom is -0.321 e. The number of hydrogen-bond donors (Lipinski definition) is 2. The first-order chi connectivity index (χ1) is 8.58. The van der Waals surface area contributed by atoms with E-state index < -0.39 is 0 Å². The van der Waals surface area contributed by atoms with Crippen LogP contribution in [0.4, 0.5) is 5.69 Å². The van der Waals surface area contributed by atoms with Crippen LogP contribution in [-0.4, -0.2) is 23.1 Å². The van der Waals surface area contributed by atoms with Gasteiger partial charge in [-0.1, -0.05) is 0 Å². The fraction of sp³-hybridized carbons (Fsp3) is 0.538. The quantitative estimate of drug-likeness (QED) is 0.877. The summed E-state index contributed by atoms with van der Waals surface area (Å²) in [6, 6.07) is 2.07. The third-order valence-electron chi connectivity index (χ3n) is 3.34. The van der Waals surface area contributed by atoms with Crippen LogP contribution >= 0.6 is 12.4 Å². The number of halogens is 1. The van der Waals surface area contributed by atoms with Gasteiger partial charge in [0.05, 0.1) is 0 Å². The number of nitrogens with one attached hydrogen (secondary N) is 2. The Hall–Kier alpha value is -1.33. The van der Waals surface area contributed by atoms with E-state index in [2.05, 4.69) is 10.6 Å². The first-order valence-electron chi connectivity index (χ1n) is 6.27. The van der Waals surface area contributed by atoms with Crippen molar-refractivity contribution < 1.29 is 4.79 Å². The summed E-state index contributed by atoms with van der Waals surface area (Å²) in [4.78, 5) is 23.8. The van der Waals surface area contributed by atoms with Gasteiger partial charge in [0.1, 0.15) is 5.69 Å². The average molecular weight is 286 g/mol. The molecular formula is C13H20ClN3O2. The Morgan fingerprint density at radius 2 is 2.32 bits per heavy atom. The Morgan fingerprint density at radius 3 is 2.95 bits per heavy atom. The van der Waals surface area contributed by atoms with Gasteiger partial charge in [-0.15, -0.1) is 12.4 Å². The van der Waals surface area contributed by atoms with Crippen molar-refractivity contribution in [2.75, 3.05) is 11.9 Å². The molecule has 1 aliphatic rings. The smallest absolute Gasteiger partial charge is 0.274 e. The Bertz CT molecular complexity index is 507. The van der Waals surface area contributed by atoms with Crippen molar-refractivity contribution in [1.82, 2.24) is 9.88 Å². The van der Waals surface area contributed by atoms with E-state index in [1.807, 2.05) is 13.0 Å². The molecule has 0 saturated carbocycles. The summed E-state index contributed by atoms with van der Waals surface area (Å²) in [6.07, 6.45) is 4.27. The summed E-state index contributed by atoms with van der Waals surface area (Å²) in [5.41, 5.74) is 1.02. The second-order valence-corrected chi connectivity index (χ2v) is 4.84. The third kappa shape index (κ3) is 3.81. The van der Waals surface area contributed by atoms with Gasteiger partial charge in [0.2, 0.25) is 5.91 Å². The van der Waals surface area contributed by atoms with Crippen LogP contribution in [0, 0.1) is 6.92 Å². The Morgan fingerprint density at radius 1 is 1.58 bits per heavy atom. The summed E-state index contributed by atoms with van der Waals surface area (Å²) in [6.45, 7) is 2.80. The molecule has 1 unspecified atom stereocenters. The molecule has 0 bridgehead atoms. The molecular weight excluding hydrogens is 266 g/mol. The molecule has 0 aromatic carbocycles. The van der Waals surface area contributed by atoms with Crippen molar-refractivity contribution in [3.05, 3.63) is 28.2 Å². The molecule has 5 nitrogen and oxygen atoms in total. The molecule has 1 saturated heterocycles. The maximum Gasteiger partial charge on any atom is 0.274 e. The number of nitrogens with zero attached hydrogens (tertiary/aromatic N) is 1. The van der Waals surface area contributed by atoms with Crippen LogP contribution in [0.2, 0.25) is 0 Å². The highest BCUT2D eigenvalue weighted by atomic mass is 35.5. The van der Waals surface area contributed by atoms with Gasteiger partial charge in [0, 0.05) is 25.7 Å². The van der Waals surface area contributed by atoms with Crippen LogP contribution in [-0.2, 0) is 11.8 Å². The Labute approximate surface area is 118 Å². The van der Waals surface area contributed by atoms with E-state index in [0.717, 1.165) is 24.9 Å². The molecule has 2 N–H and O–H groups in total. The first kappa shape index (κ1) is 15.7. The van der Waals surface area contributed by atoms with E-state index in [0.29, 0.717) is 12.1 Å². The molecule has 0 radical (unpaired) electrons. The standard InChI is InChI=1S/C13H19N3O2.ClH/c1-9-5-7-16(2)13(18)12(9)15-11(17)8-10-4-3-6-14-10;/h5,7,10,14H,3-4,6,8H2,1-2H3,(H,15,17);1H. The molecule has 19 heavy (non-hydrogen) atoms. The minimum absolute atomic E-state index is 0. The number of rotatable bonds is 3. The zero-order chi connectivity index (χ0) is 13.1. The molecule has 2 heterocycles. The molecule has 6 heteroatoms. The highest BCUT2D eigenvalue weighted by Gasteiger charge is 2.18. The fourth-order valence-corrected chi connectivity index (χ4v) is 2.22. The second kappa shape index (κ2) is 6.73. The van der Waals surface area contributed by atoms with Gasteiger partial charge >= 0.3 is 0 Å². The normalized spacial score (nSPS) is 17.9. The van der Waals surface area contributed by atoms with Crippen molar-refractivity contribution in [2.45, 2.75) is 32.2 Å². The van der Waals surface area contributed by atoms with Gasteiger partial charge < -0.3 is 15.2 Å². The highest BCUT2D eigenvalue weighted by Crippen LogP contribution is 2.12. The van der Waals surface area contributed by atoms with E-state index in [9.17, 15) is 9.59 Å². The lowest BCUT2D eigenvalue weighted by Crippen LogP contribution is -2.30.